The molecule has 7 nitrogen and oxygen atoms in total. The van der Waals surface area contributed by atoms with Gasteiger partial charge in [-0.1, -0.05) is 69.9 Å². The lowest BCUT2D eigenvalue weighted by Gasteiger charge is -2.24. The van der Waals surface area contributed by atoms with Crippen molar-refractivity contribution in [3.8, 4) is 0 Å². The number of hydrogen-bond donors (Lipinski definition) is 2. The van der Waals surface area contributed by atoms with Crippen LogP contribution in [0.1, 0.15) is 119 Å². The number of ether oxygens (including phenoxy) is 1. The standard InChI is InChI=1S/C28H42N2O5/c31-25(32)15-9-4-8-14-21-23-16-17-24(35-23)26(21)28-30-22(19-34-28)27(33)29-18-10-2-1-5-11-20-12-6-3-7-13-20/h4,8,19-21,23-24,26H,1-3,5-7,9-18H2,(H,29,33)(H,31,32)/t21-,23-,24+,26+/m0/s1. The van der Waals surface area contributed by atoms with Crippen LogP contribution in [-0.2, 0) is 9.53 Å². The fraction of sp³-hybridized carbons (Fsp3) is 0.750. The third-order valence-corrected chi connectivity index (χ3v) is 8.11. The summed E-state index contributed by atoms with van der Waals surface area (Å²) in [6.45, 7) is 0.672. The molecular formula is C28H42N2O5. The van der Waals surface area contributed by atoms with Crippen molar-refractivity contribution in [2.75, 3.05) is 6.54 Å². The highest BCUT2D eigenvalue weighted by Crippen LogP contribution is 2.50. The maximum atomic E-state index is 12.6. The molecule has 3 aliphatic rings. The van der Waals surface area contributed by atoms with Crippen LogP contribution in [0.3, 0.4) is 0 Å². The van der Waals surface area contributed by atoms with E-state index in [1.165, 1.54) is 57.6 Å². The Balaban J connectivity index is 1.17. The molecule has 1 aliphatic carbocycles. The molecule has 4 rings (SSSR count). The predicted octanol–water partition coefficient (Wildman–Crippen LogP) is 6.01. The Hall–Kier alpha value is -2.15. The van der Waals surface area contributed by atoms with E-state index >= 15 is 0 Å². The number of fused-ring (bicyclic) bond motifs is 2. The van der Waals surface area contributed by atoms with E-state index < -0.39 is 5.97 Å². The number of carboxylic acids is 1. The van der Waals surface area contributed by atoms with Crippen LogP contribution in [0.5, 0.6) is 0 Å². The molecule has 194 valence electrons. The molecule has 0 aromatic carbocycles. The van der Waals surface area contributed by atoms with Gasteiger partial charge in [0, 0.05) is 18.9 Å². The Kier molecular flexibility index (Phi) is 9.81. The molecule has 2 bridgehead atoms. The lowest BCUT2D eigenvalue weighted by Crippen LogP contribution is -2.26. The summed E-state index contributed by atoms with van der Waals surface area (Å²) in [6, 6.07) is 0. The summed E-state index contributed by atoms with van der Waals surface area (Å²) in [6.07, 6.45) is 22.4. The van der Waals surface area contributed by atoms with E-state index in [9.17, 15) is 9.59 Å². The number of carboxylic acid groups (broad SMARTS) is 1. The van der Waals surface area contributed by atoms with Crippen LogP contribution >= 0.6 is 0 Å². The largest absolute Gasteiger partial charge is 0.481 e. The first-order valence-electron chi connectivity index (χ1n) is 13.9. The van der Waals surface area contributed by atoms with Gasteiger partial charge in [0.15, 0.2) is 5.69 Å². The normalized spacial score (nSPS) is 26.5. The molecule has 1 aromatic heterocycles. The quantitative estimate of drug-likeness (QED) is 0.247. The number of aliphatic carboxylic acids is 1. The number of rotatable bonds is 14. The number of amides is 1. The van der Waals surface area contributed by atoms with Crippen LogP contribution in [-0.4, -0.2) is 40.7 Å². The van der Waals surface area contributed by atoms with Gasteiger partial charge in [0.05, 0.1) is 18.1 Å². The Labute approximate surface area is 209 Å². The van der Waals surface area contributed by atoms with Crippen LogP contribution < -0.4 is 5.32 Å². The minimum absolute atomic E-state index is 0.0450. The van der Waals surface area contributed by atoms with Crippen LogP contribution in [0.25, 0.3) is 0 Å². The summed E-state index contributed by atoms with van der Waals surface area (Å²) in [7, 11) is 0. The van der Waals surface area contributed by atoms with Crippen LogP contribution in [0.2, 0.25) is 0 Å². The fourth-order valence-corrected chi connectivity index (χ4v) is 6.22. The third kappa shape index (κ3) is 7.42. The Morgan fingerprint density at radius 3 is 2.66 bits per heavy atom. The van der Waals surface area contributed by atoms with Crippen molar-refractivity contribution in [1.29, 1.82) is 0 Å². The summed E-state index contributed by atoms with van der Waals surface area (Å²) < 4.78 is 11.9. The van der Waals surface area contributed by atoms with Crippen molar-refractivity contribution in [1.82, 2.24) is 10.3 Å². The number of nitrogens with zero attached hydrogens (tertiary/aromatic N) is 1. The first kappa shape index (κ1) is 25.9. The zero-order valence-corrected chi connectivity index (χ0v) is 21.0. The van der Waals surface area contributed by atoms with Gasteiger partial charge < -0.3 is 19.6 Å². The maximum absolute atomic E-state index is 12.6. The first-order valence-corrected chi connectivity index (χ1v) is 13.9. The molecule has 3 fully saturated rings. The second kappa shape index (κ2) is 13.2. The number of oxazole rings is 1. The van der Waals surface area contributed by atoms with Crippen LogP contribution in [0, 0.1) is 11.8 Å². The molecule has 35 heavy (non-hydrogen) atoms. The molecule has 1 amide bonds. The van der Waals surface area contributed by atoms with Gasteiger partial charge in [-0.15, -0.1) is 0 Å². The molecule has 7 heteroatoms. The minimum atomic E-state index is -0.781. The zero-order chi connectivity index (χ0) is 24.5. The smallest absolute Gasteiger partial charge is 0.303 e. The van der Waals surface area contributed by atoms with Gasteiger partial charge in [-0.2, -0.15) is 0 Å². The molecule has 0 spiro atoms. The van der Waals surface area contributed by atoms with Crippen LogP contribution in [0.15, 0.2) is 22.8 Å². The van der Waals surface area contributed by atoms with E-state index in [4.69, 9.17) is 14.3 Å². The Morgan fingerprint density at radius 1 is 1.03 bits per heavy atom. The van der Waals surface area contributed by atoms with Gasteiger partial charge in [-0.3, -0.25) is 9.59 Å². The highest BCUT2D eigenvalue weighted by atomic mass is 16.5. The van der Waals surface area contributed by atoms with E-state index in [2.05, 4.69) is 16.4 Å². The molecule has 0 radical (unpaired) electrons. The number of nitrogens with one attached hydrogen (secondary N) is 1. The van der Waals surface area contributed by atoms with Crippen molar-refractivity contribution < 1.29 is 23.8 Å². The van der Waals surface area contributed by atoms with Crippen molar-refractivity contribution in [3.63, 3.8) is 0 Å². The molecule has 2 aliphatic heterocycles. The lowest BCUT2D eigenvalue weighted by atomic mass is 9.77. The maximum Gasteiger partial charge on any atom is 0.303 e. The van der Waals surface area contributed by atoms with Crippen LogP contribution in [0.4, 0.5) is 0 Å². The topological polar surface area (TPSA) is 102 Å². The summed E-state index contributed by atoms with van der Waals surface area (Å²) in [4.78, 5) is 27.8. The number of aromatic nitrogens is 1. The number of unbranched alkanes of at least 4 members (excludes halogenated alkanes) is 3. The zero-order valence-electron chi connectivity index (χ0n) is 21.0. The first-order chi connectivity index (χ1) is 17.1. The highest BCUT2D eigenvalue weighted by Gasteiger charge is 2.51. The lowest BCUT2D eigenvalue weighted by molar-refractivity contribution is -0.136. The second-order valence-corrected chi connectivity index (χ2v) is 10.7. The summed E-state index contributed by atoms with van der Waals surface area (Å²) >= 11 is 0. The molecule has 3 heterocycles. The Morgan fingerprint density at radius 2 is 1.83 bits per heavy atom. The van der Waals surface area contributed by atoms with Gasteiger partial charge in [-0.25, -0.2) is 4.98 Å². The summed E-state index contributed by atoms with van der Waals surface area (Å²) in [5, 5.41) is 11.8. The SMILES string of the molecule is O=C(O)CCC=CC[C@@H]1[C@@H](c2nc(C(=O)NCCCCCCC3CCCCC3)co2)[C@H]2CC[C@@H]1O2. The van der Waals surface area contributed by atoms with Crippen molar-refractivity contribution >= 4 is 11.9 Å². The van der Waals surface area contributed by atoms with Crippen molar-refractivity contribution in [2.45, 2.75) is 114 Å². The van der Waals surface area contributed by atoms with Gasteiger partial charge in [0.2, 0.25) is 5.89 Å². The van der Waals surface area contributed by atoms with E-state index in [0.717, 1.165) is 38.0 Å². The fourth-order valence-electron chi connectivity index (χ4n) is 6.22. The third-order valence-electron chi connectivity index (χ3n) is 8.11. The van der Waals surface area contributed by atoms with E-state index in [-0.39, 0.29) is 36.4 Å². The van der Waals surface area contributed by atoms with E-state index in [1.54, 1.807) is 0 Å². The monoisotopic (exact) mass is 486 g/mol. The summed E-state index contributed by atoms with van der Waals surface area (Å²) in [5.41, 5.74) is 0.343. The molecule has 4 atom stereocenters. The second-order valence-electron chi connectivity index (χ2n) is 10.7. The van der Waals surface area contributed by atoms with Gasteiger partial charge in [0.25, 0.3) is 5.91 Å². The molecule has 2 saturated heterocycles. The molecule has 1 saturated carbocycles. The highest BCUT2D eigenvalue weighted by molar-refractivity contribution is 5.91. The predicted molar refractivity (Wildman–Crippen MR) is 133 cm³/mol. The minimum Gasteiger partial charge on any atom is -0.481 e. The number of hydrogen-bond acceptors (Lipinski definition) is 5. The van der Waals surface area contributed by atoms with E-state index in [0.29, 0.717) is 24.6 Å². The molecule has 0 unspecified atom stereocenters. The number of allylic oxidation sites excluding steroid dienone is 2. The molecular weight excluding hydrogens is 444 g/mol. The van der Waals surface area contributed by atoms with Gasteiger partial charge >= 0.3 is 5.97 Å². The molecule has 1 aromatic rings. The van der Waals surface area contributed by atoms with E-state index in [1.807, 2.05) is 6.08 Å². The number of carbonyl (C=O) groups is 2. The summed E-state index contributed by atoms with van der Waals surface area (Å²) in [5.74, 6) is 0.890. The average molecular weight is 487 g/mol. The van der Waals surface area contributed by atoms with Gasteiger partial charge in [-0.05, 0) is 38.0 Å². The van der Waals surface area contributed by atoms with Crippen molar-refractivity contribution in [2.24, 2.45) is 11.8 Å². The average Bonchev–Trinajstić information content (AvgIpc) is 3.60. The van der Waals surface area contributed by atoms with Gasteiger partial charge in [0.1, 0.15) is 6.26 Å². The Bertz CT molecular complexity index is 844. The number of carbonyl (C=O) groups excluding carboxylic acids is 1. The molecule has 2 N–H and O–H groups in total. The van der Waals surface area contributed by atoms with Crippen molar-refractivity contribution in [3.05, 3.63) is 30.0 Å².